The van der Waals surface area contributed by atoms with Crippen molar-refractivity contribution < 1.29 is 13.2 Å². The summed E-state index contributed by atoms with van der Waals surface area (Å²) in [6.07, 6.45) is 4.41. The lowest BCUT2D eigenvalue weighted by Gasteiger charge is -2.15. The SMILES string of the molecule is COc1ncc(Cl)cc1S(=O)(=O)Nc1ccc(Cl)c(-c2ccc3ncncc3c2)c1Cl. The van der Waals surface area contributed by atoms with Crippen molar-refractivity contribution in [2.24, 2.45) is 0 Å². The summed E-state index contributed by atoms with van der Waals surface area (Å²) in [6.45, 7) is 0. The third-order valence-corrected chi connectivity index (χ3v) is 6.67. The number of anilines is 1. The molecule has 0 unspecified atom stereocenters. The van der Waals surface area contributed by atoms with Crippen LogP contribution in [0, 0.1) is 0 Å². The summed E-state index contributed by atoms with van der Waals surface area (Å²) in [6, 6.07) is 9.69. The average Bonchev–Trinajstić information content (AvgIpc) is 2.75. The zero-order chi connectivity index (χ0) is 22.2. The highest BCUT2D eigenvalue weighted by Gasteiger charge is 2.24. The van der Waals surface area contributed by atoms with E-state index in [2.05, 4.69) is 19.7 Å². The molecule has 0 atom stereocenters. The molecular formula is C20H13Cl3N4O3S. The molecule has 0 saturated carbocycles. The molecule has 0 aliphatic carbocycles. The van der Waals surface area contributed by atoms with Crippen LogP contribution in [0.2, 0.25) is 15.1 Å². The Morgan fingerprint density at radius 2 is 1.81 bits per heavy atom. The molecule has 0 saturated heterocycles. The number of fused-ring (bicyclic) bond motifs is 1. The first-order valence-corrected chi connectivity index (χ1v) is 11.3. The van der Waals surface area contributed by atoms with E-state index < -0.39 is 10.0 Å². The van der Waals surface area contributed by atoms with Crippen LogP contribution in [-0.4, -0.2) is 30.5 Å². The Kier molecular flexibility index (Phi) is 5.90. The third-order valence-electron chi connectivity index (χ3n) is 4.40. The summed E-state index contributed by atoms with van der Waals surface area (Å²) in [5.41, 5.74) is 2.03. The fraction of sp³-hybridized carbons (Fsp3) is 0.0500. The quantitative estimate of drug-likeness (QED) is 0.395. The van der Waals surface area contributed by atoms with Crippen LogP contribution >= 0.6 is 34.8 Å². The van der Waals surface area contributed by atoms with Crippen molar-refractivity contribution >= 4 is 61.4 Å². The molecule has 158 valence electrons. The van der Waals surface area contributed by atoms with E-state index in [0.29, 0.717) is 16.1 Å². The van der Waals surface area contributed by atoms with Gasteiger partial charge in [0.2, 0.25) is 5.88 Å². The van der Waals surface area contributed by atoms with Gasteiger partial charge in [0.25, 0.3) is 10.0 Å². The number of ether oxygens (including phenoxy) is 1. The van der Waals surface area contributed by atoms with Crippen molar-refractivity contribution in [1.82, 2.24) is 15.0 Å². The Bertz CT molecular complexity index is 1410. The van der Waals surface area contributed by atoms with Crippen molar-refractivity contribution in [1.29, 1.82) is 0 Å². The lowest BCUT2D eigenvalue weighted by Crippen LogP contribution is -2.15. The van der Waals surface area contributed by atoms with Gasteiger partial charge in [-0.1, -0.05) is 40.9 Å². The Balaban J connectivity index is 1.80. The second kappa shape index (κ2) is 8.47. The van der Waals surface area contributed by atoms with Gasteiger partial charge < -0.3 is 4.74 Å². The van der Waals surface area contributed by atoms with Crippen LogP contribution in [0.5, 0.6) is 5.88 Å². The summed E-state index contributed by atoms with van der Waals surface area (Å²) in [5.74, 6) is -0.100. The zero-order valence-corrected chi connectivity index (χ0v) is 18.9. The second-order valence-electron chi connectivity index (χ2n) is 6.35. The maximum absolute atomic E-state index is 13.0. The molecule has 0 radical (unpaired) electrons. The molecular weight excluding hydrogens is 483 g/mol. The van der Waals surface area contributed by atoms with Crippen LogP contribution in [-0.2, 0) is 10.0 Å². The molecule has 0 aliphatic rings. The minimum atomic E-state index is -4.12. The fourth-order valence-electron chi connectivity index (χ4n) is 2.99. The molecule has 4 rings (SSSR count). The maximum Gasteiger partial charge on any atom is 0.267 e. The van der Waals surface area contributed by atoms with Crippen LogP contribution in [0.4, 0.5) is 5.69 Å². The molecule has 2 aromatic carbocycles. The standard InChI is InChI=1S/C20H13Cl3N4O3S/c1-30-20-17(7-13(21)9-25-20)31(28,29)27-16-5-3-14(22)18(19(16)23)11-2-4-15-12(6-11)8-24-10-26-15/h2-10,27H,1H3. The van der Waals surface area contributed by atoms with E-state index >= 15 is 0 Å². The molecule has 11 heteroatoms. The summed E-state index contributed by atoms with van der Waals surface area (Å²) in [5, 5.41) is 1.41. The van der Waals surface area contributed by atoms with Gasteiger partial charge >= 0.3 is 0 Å². The topological polar surface area (TPSA) is 94.1 Å². The first-order valence-electron chi connectivity index (χ1n) is 8.70. The molecule has 31 heavy (non-hydrogen) atoms. The van der Waals surface area contributed by atoms with Gasteiger partial charge in [0.05, 0.1) is 33.4 Å². The lowest BCUT2D eigenvalue weighted by atomic mass is 10.0. The number of methoxy groups -OCH3 is 1. The van der Waals surface area contributed by atoms with Crippen LogP contribution in [0.25, 0.3) is 22.0 Å². The summed E-state index contributed by atoms with van der Waals surface area (Å²) in [7, 11) is -2.81. The number of aromatic nitrogens is 3. The number of rotatable bonds is 5. The Hall–Kier alpha value is -2.65. The van der Waals surface area contributed by atoms with E-state index in [1.54, 1.807) is 24.4 Å². The van der Waals surface area contributed by atoms with E-state index in [0.717, 1.165) is 10.9 Å². The van der Waals surface area contributed by atoms with E-state index in [1.807, 2.05) is 6.07 Å². The highest BCUT2D eigenvalue weighted by atomic mass is 35.5. The Labute approximate surface area is 193 Å². The zero-order valence-electron chi connectivity index (χ0n) is 15.8. The van der Waals surface area contributed by atoms with Gasteiger partial charge in [-0.05, 0) is 35.9 Å². The molecule has 0 bridgehead atoms. The third kappa shape index (κ3) is 4.24. The van der Waals surface area contributed by atoms with Gasteiger partial charge in [-0.2, -0.15) is 0 Å². The van der Waals surface area contributed by atoms with Crippen LogP contribution in [0.15, 0.2) is 60.0 Å². The molecule has 0 fully saturated rings. The Morgan fingerprint density at radius 3 is 2.58 bits per heavy atom. The monoisotopic (exact) mass is 494 g/mol. The van der Waals surface area contributed by atoms with Crippen molar-refractivity contribution in [3.05, 3.63) is 70.2 Å². The van der Waals surface area contributed by atoms with E-state index in [-0.39, 0.29) is 26.5 Å². The lowest BCUT2D eigenvalue weighted by molar-refractivity contribution is 0.385. The number of benzene rings is 2. The fourth-order valence-corrected chi connectivity index (χ4v) is 5.12. The predicted molar refractivity (Wildman–Crippen MR) is 122 cm³/mol. The number of nitrogens with one attached hydrogen (secondary N) is 1. The smallest absolute Gasteiger partial charge is 0.267 e. The molecule has 4 aromatic rings. The molecule has 2 aromatic heterocycles. The molecule has 0 amide bonds. The molecule has 2 heterocycles. The van der Waals surface area contributed by atoms with Crippen molar-refractivity contribution in [3.63, 3.8) is 0 Å². The number of sulfonamides is 1. The van der Waals surface area contributed by atoms with Crippen molar-refractivity contribution in [3.8, 4) is 17.0 Å². The average molecular weight is 496 g/mol. The maximum atomic E-state index is 13.0. The highest BCUT2D eigenvalue weighted by Crippen LogP contribution is 2.41. The molecule has 7 nitrogen and oxygen atoms in total. The van der Waals surface area contributed by atoms with E-state index in [4.69, 9.17) is 39.5 Å². The van der Waals surface area contributed by atoms with Gasteiger partial charge in [-0.15, -0.1) is 0 Å². The summed E-state index contributed by atoms with van der Waals surface area (Å²) in [4.78, 5) is 11.9. The van der Waals surface area contributed by atoms with Crippen LogP contribution in [0.3, 0.4) is 0 Å². The minimum absolute atomic E-state index is 0.100. The predicted octanol–water partition coefficient (Wildman–Crippen LogP) is 5.46. The number of nitrogens with zero attached hydrogens (tertiary/aromatic N) is 3. The minimum Gasteiger partial charge on any atom is -0.480 e. The van der Waals surface area contributed by atoms with Crippen molar-refractivity contribution in [2.45, 2.75) is 4.90 Å². The molecule has 1 N–H and O–H groups in total. The first kappa shape index (κ1) is 21.6. The van der Waals surface area contributed by atoms with Crippen molar-refractivity contribution in [2.75, 3.05) is 11.8 Å². The summed E-state index contributed by atoms with van der Waals surface area (Å²) < 4.78 is 33.5. The number of pyridine rings is 1. The largest absolute Gasteiger partial charge is 0.480 e. The number of hydrogen-bond acceptors (Lipinski definition) is 6. The van der Waals surface area contributed by atoms with Gasteiger partial charge in [0, 0.05) is 23.3 Å². The summed E-state index contributed by atoms with van der Waals surface area (Å²) >= 11 is 18.9. The first-order chi connectivity index (χ1) is 14.8. The molecule has 0 aliphatic heterocycles. The van der Waals surface area contributed by atoms with Crippen LogP contribution in [0.1, 0.15) is 0 Å². The van der Waals surface area contributed by atoms with Gasteiger partial charge in [0.15, 0.2) is 4.90 Å². The molecule has 0 spiro atoms. The van der Waals surface area contributed by atoms with Gasteiger partial charge in [-0.25, -0.2) is 23.4 Å². The van der Waals surface area contributed by atoms with Crippen LogP contribution < -0.4 is 9.46 Å². The Morgan fingerprint density at radius 1 is 1.00 bits per heavy atom. The highest BCUT2D eigenvalue weighted by molar-refractivity contribution is 7.92. The number of halogens is 3. The van der Waals surface area contributed by atoms with E-state index in [1.165, 1.54) is 31.8 Å². The normalized spacial score (nSPS) is 11.5. The van der Waals surface area contributed by atoms with E-state index in [9.17, 15) is 8.42 Å². The number of hydrogen-bond donors (Lipinski definition) is 1. The van der Waals surface area contributed by atoms with Gasteiger partial charge in [0.1, 0.15) is 6.33 Å². The second-order valence-corrected chi connectivity index (χ2v) is 9.22. The van der Waals surface area contributed by atoms with Gasteiger partial charge in [-0.3, -0.25) is 4.72 Å².